The van der Waals surface area contributed by atoms with E-state index < -0.39 is 10.1 Å². The molecule has 5 heteroatoms. The summed E-state index contributed by atoms with van der Waals surface area (Å²) in [7, 11) is -3.93. The van der Waals surface area contributed by atoms with Crippen LogP contribution in [0.4, 0.5) is 0 Å². The van der Waals surface area contributed by atoms with E-state index in [2.05, 4.69) is 18.8 Å². The molecule has 150 valence electrons. The molecule has 2 N–H and O–H groups in total. The van der Waals surface area contributed by atoms with Crippen LogP contribution >= 0.6 is 0 Å². The highest BCUT2D eigenvalue weighted by molar-refractivity contribution is 7.85. The molecule has 0 rings (SSSR count). The normalized spacial score (nSPS) is 13.1. The molecule has 0 aromatic heterocycles. The standard InChI is InChI=1S/C20H41NO3S/c1-4-5-6-7-8-9-10-11-12-13-14-15-16-20(18-25(22,23)24)21-17-19(2)3/h20-21H,2,4-18H2,1,3H3,(H,22,23,24). The minimum Gasteiger partial charge on any atom is -0.309 e. The molecule has 4 nitrogen and oxygen atoms in total. The Kier molecular flexibility index (Phi) is 15.6. The Morgan fingerprint density at radius 1 is 0.920 bits per heavy atom. The van der Waals surface area contributed by atoms with E-state index in [0.717, 1.165) is 24.8 Å². The average molecular weight is 376 g/mol. The van der Waals surface area contributed by atoms with Gasteiger partial charge < -0.3 is 5.32 Å². The van der Waals surface area contributed by atoms with Crippen molar-refractivity contribution in [1.29, 1.82) is 0 Å². The molecular weight excluding hydrogens is 334 g/mol. The molecule has 1 unspecified atom stereocenters. The monoisotopic (exact) mass is 375 g/mol. The third-order valence-corrected chi connectivity index (χ3v) is 5.33. The Labute approximate surface area is 156 Å². The summed E-state index contributed by atoms with van der Waals surface area (Å²) >= 11 is 0. The largest absolute Gasteiger partial charge is 0.309 e. The number of rotatable bonds is 18. The maximum absolute atomic E-state index is 11.1. The predicted molar refractivity (Wildman–Crippen MR) is 109 cm³/mol. The zero-order chi connectivity index (χ0) is 19.0. The third kappa shape index (κ3) is 19.8. The van der Waals surface area contributed by atoms with E-state index in [0.29, 0.717) is 6.54 Å². The molecule has 0 aromatic carbocycles. The van der Waals surface area contributed by atoms with Crippen molar-refractivity contribution in [3.8, 4) is 0 Å². The Hall–Kier alpha value is -0.390. The van der Waals surface area contributed by atoms with Crippen molar-refractivity contribution < 1.29 is 13.0 Å². The molecule has 0 spiro atoms. The Morgan fingerprint density at radius 3 is 1.76 bits per heavy atom. The number of nitrogens with one attached hydrogen (secondary N) is 1. The second-order valence-corrected chi connectivity index (χ2v) is 8.96. The summed E-state index contributed by atoms with van der Waals surface area (Å²) in [4.78, 5) is 0. The third-order valence-electron chi connectivity index (χ3n) is 4.51. The fourth-order valence-corrected chi connectivity index (χ4v) is 3.84. The Bertz CT molecular complexity index is 421. The van der Waals surface area contributed by atoms with E-state index in [1.54, 1.807) is 0 Å². The van der Waals surface area contributed by atoms with E-state index in [9.17, 15) is 8.42 Å². The van der Waals surface area contributed by atoms with Gasteiger partial charge in [0.15, 0.2) is 0 Å². The van der Waals surface area contributed by atoms with Crippen LogP contribution in [0.25, 0.3) is 0 Å². The minimum atomic E-state index is -3.93. The van der Waals surface area contributed by atoms with E-state index in [-0.39, 0.29) is 11.8 Å². The number of unbranched alkanes of at least 4 members (excludes halogenated alkanes) is 11. The van der Waals surface area contributed by atoms with Gasteiger partial charge in [-0.15, -0.1) is 0 Å². The lowest BCUT2D eigenvalue weighted by Crippen LogP contribution is -2.36. The lowest BCUT2D eigenvalue weighted by Gasteiger charge is -2.17. The number of hydrogen-bond donors (Lipinski definition) is 2. The average Bonchev–Trinajstić information content (AvgIpc) is 2.52. The lowest BCUT2D eigenvalue weighted by molar-refractivity contribution is 0.448. The van der Waals surface area contributed by atoms with Crippen LogP contribution in [0.2, 0.25) is 0 Å². The summed E-state index contributed by atoms with van der Waals surface area (Å²) in [5.41, 5.74) is 0.968. The summed E-state index contributed by atoms with van der Waals surface area (Å²) in [6.07, 6.45) is 16.3. The highest BCUT2D eigenvalue weighted by atomic mass is 32.2. The van der Waals surface area contributed by atoms with Crippen LogP contribution in [0.15, 0.2) is 12.2 Å². The zero-order valence-electron chi connectivity index (χ0n) is 16.6. The summed E-state index contributed by atoms with van der Waals surface area (Å²) in [5.74, 6) is -0.210. The zero-order valence-corrected chi connectivity index (χ0v) is 17.4. The van der Waals surface area contributed by atoms with Crippen LogP contribution in [0.3, 0.4) is 0 Å². The molecule has 0 fully saturated rings. The Morgan fingerprint density at radius 2 is 1.36 bits per heavy atom. The van der Waals surface area contributed by atoms with Gasteiger partial charge in [-0.3, -0.25) is 4.55 Å². The molecule has 0 saturated carbocycles. The number of hydrogen-bond acceptors (Lipinski definition) is 3. The molecule has 0 amide bonds. The second kappa shape index (κ2) is 15.8. The second-order valence-electron chi connectivity index (χ2n) is 7.46. The van der Waals surface area contributed by atoms with Gasteiger partial charge in [-0.2, -0.15) is 8.42 Å². The molecule has 0 aliphatic heterocycles. The van der Waals surface area contributed by atoms with E-state index >= 15 is 0 Å². The molecule has 25 heavy (non-hydrogen) atoms. The quantitative estimate of drug-likeness (QED) is 0.189. The van der Waals surface area contributed by atoms with Gasteiger partial charge in [-0.1, -0.05) is 96.1 Å². The van der Waals surface area contributed by atoms with Gasteiger partial charge in [0, 0.05) is 12.6 Å². The molecule has 0 aliphatic carbocycles. The van der Waals surface area contributed by atoms with E-state index in [1.165, 1.54) is 64.2 Å². The molecule has 0 saturated heterocycles. The van der Waals surface area contributed by atoms with Crippen LogP contribution in [-0.2, 0) is 10.1 Å². The fraction of sp³-hybridized carbons (Fsp3) is 0.900. The van der Waals surface area contributed by atoms with Gasteiger partial charge in [0.2, 0.25) is 0 Å². The first-order valence-corrected chi connectivity index (χ1v) is 11.8. The van der Waals surface area contributed by atoms with Crippen LogP contribution in [0, 0.1) is 0 Å². The minimum absolute atomic E-state index is 0.185. The van der Waals surface area contributed by atoms with Gasteiger partial charge in [0.25, 0.3) is 10.1 Å². The highest BCUT2D eigenvalue weighted by Gasteiger charge is 2.16. The van der Waals surface area contributed by atoms with Crippen molar-refractivity contribution in [2.24, 2.45) is 0 Å². The molecule has 0 heterocycles. The summed E-state index contributed by atoms with van der Waals surface area (Å²) in [6.45, 7) is 8.57. The van der Waals surface area contributed by atoms with Crippen molar-refractivity contribution in [2.75, 3.05) is 12.3 Å². The molecule has 0 aliphatic rings. The summed E-state index contributed by atoms with van der Waals surface area (Å²) in [6, 6.07) is -0.185. The van der Waals surface area contributed by atoms with Crippen molar-refractivity contribution in [1.82, 2.24) is 5.32 Å². The van der Waals surface area contributed by atoms with Gasteiger partial charge in [0.1, 0.15) is 0 Å². The maximum atomic E-state index is 11.1. The molecular formula is C20H41NO3S. The van der Waals surface area contributed by atoms with Crippen LogP contribution in [-0.4, -0.2) is 31.3 Å². The first-order valence-electron chi connectivity index (χ1n) is 10.2. The van der Waals surface area contributed by atoms with Crippen molar-refractivity contribution >= 4 is 10.1 Å². The first kappa shape index (κ1) is 24.6. The molecule has 1 atom stereocenters. The van der Waals surface area contributed by atoms with Gasteiger partial charge in [-0.25, -0.2) is 0 Å². The van der Waals surface area contributed by atoms with Crippen LogP contribution < -0.4 is 5.32 Å². The molecule has 0 aromatic rings. The van der Waals surface area contributed by atoms with Crippen LogP contribution in [0.1, 0.15) is 97.3 Å². The maximum Gasteiger partial charge on any atom is 0.266 e. The highest BCUT2D eigenvalue weighted by Crippen LogP contribution is 2.13. The molecule has 0 bridgehead atoms. The van der Waals surface area contributed by atoms with Crippen molar-refractivity contribution in [3.05, 3.63) is 12.2 Å². The van der Waals surface area contributed by atoms with Gasteiger partial charge in [-0.05, 0) is 13.3 Å². The first-order chi connectivity index (χ1) is 11.8. The SMILES string of the molecule is C=C(C)CNC(CCCCCCCCCCCCCC)CS(=O)(=O)O. The predicted octanol–water partition coefficient (Wildman–Crippen LogP) is 5.50. The van der Waals surface area contributed by atoms with Gasteiger partial charge in [0.05, 0.1) is 5.75 Å². The van der Waals surface area contributed by atoms with Crippen molar-refractivity contribution in [2.45, 2.75) is 103 Å². The van der Waals surface area contributed by atoms with Gasteiger partial charge >= 0.3 is 0 Å². The summed E-state index contributed by atoms with van der Waals surface area (Å²) < 4.78 is 31.3. The van der Waals surface area contributed by atoms with Crippen LogP contribution in [0.5, 0.6) is 0 Å². The van der Waals surface area contributed by atoms with Crippen molar-refractivity contribution in [3.63, 3.8) is 0 Å². The van der Waals surface area contributed by atoms with E-state index in [1.807, 2.05) is 6.92 Å². The fourth-order valence-electron chi connectivity index (χ4n) is 3.05. The van der Waals surface area contributed by atoms with E-state index in [4.69, 9.17) is 4.55 Å². The smallest absolute Gasteiger partial charge is 0.266 e. The molecule has 0 radical (unpaired) electrons. The lowest BCUT2D eigenvalue weighted by atomic mass is 10.0. The summed E-state index contributed by atoms with van der Waals surface area (Å²) in [5, 5.41) is 3.18. The topological polar surface area (TPSA) is 66.4 Å². The Balaban J connectivity index is 3.62.